The van der Waals surface area contributed by atoms with Crippen LogP contribution in [-0.2, 0) is 11.2 Å². The molecule has 0 spiro atoms. The number of hydrogen-bond acceptors (Lipinski definition) is 8. The van der Waals surface area contributed by atoms with Gasteiger partial charge in [0.05, 0.1) is 6.04 Å². The highest BCUT2D eigenvalue weighted by Crippen LogP contribution is 2.37. The van der Waals surface area contributed by atoms with E-state index in [1.165, 1.54) is 5.48 Å². The summed E-state index contributed by atoms with van der Waals surface area (Å²) < 4.78 is 11.1. The minimum atomic E-state index is -1.19. The molecule has 0 aliphatic carbocycles. The lowest BCUT2D eigenvalue weighted by Crippen LogP contribution is -2.59. The number of hydroxylamine groups is 1. The highest BCUT2D eigenvalue weighted by Gasteiger charge is 2.34. The number of rotatable bonds is 6. The van der Waals surface area contributed by atoms with E-state index in [0.29, 0.717) is 25.8 Å². The van der Waals surface area contributed by atoms with Crippen LogP contribution in [0.25, 0.3) is 0 Å². The normalized spacial score (nSPS) is 18.3. The quantitative estimate of drug-likeness (QED) is 0.235. The maximum Gasteiger partial charge on any atom is 0.522 e. The number of aromatic carboxylic acids is 1. The summed E-state index contributed by atoms with van der Waals surface area (Å²) in [5, 5.41) is 27.7. The molecule has 6 N–H and O–H groups in total. The fourth-order valence-corrected chi connectivity index (χ4v) is 3.08. The molecular weight excluding hydrogens is 345 g/mol. The molecule has 1 saturated heterocycles. The van der Waals surface area contributed by atoms with Crippen LogP contribution in [0.1, 0.15) is 15.9 Å². The average Bonchev–Trinajstić information content (AvgIpc) is 2.57. The molecule has 0 bridgehead atoms. The number of carboxylic acids is 1. The number of carbonyl (C=O) groups excluding carboxylic acids is 1. The molecule has 3 rings (SSSR count). The van der Waals surface area contributed by atoms with Crippen LogP contribution in [0, 0.1) is 0 Å². The number of nitrogens with one attached hydrogen (secondary N) is 1. The molecule has 1 amide bonds. The first-order valence-corrected chi connectivity index (χ1v) is 8.21. The van der Waals surface area contributed by atoms with Crippen LogP contribution in [0.2, 0.25) is 6.32 Å². The van der Waals surface area contributed by atoms with Gasteiger partial charge in [-0.05, 0) is 24.4 Å². The lowest BCUT2D eigenvalue weighted by Gasteiger charge is -2.40. The number of likely N-dealkylation sites (tertiary alicyclic amines) is 1. The lowest BCUT2D eigenvalue weighted by atomic mass is 9.78. The maximum absolute atomic E-state index is 11.7. The molecule has 0 aromatic heterocycles. The van der Waals surface area contributed by atoms with Crippen LogP contribution in [0.4, 0.5) is 0 Å². The highest BCUT2D eigenvalue weighted by atomic mass is 16.5. The van der Waals surface area contributed by atoms with Gasteiger partial charge in [0.15, 0.2) is 0 Å². The zero-order valence-electron chi connectivity index (χ0n) is 13.9. The number of fused-ring (bicyclic) bond motifs is 1. The van der Waals surface area contributed by atoms with Crippen molar-refractivity contribution in [3.8, 4) is 11.5 Å². The van der Waals surface area contributed by atoms with E-state index in [0.717, 1.165) is 5.56 Å². The Labute approximate surface area is 149 Å². The summed E-state index contributed by atoms with van der Waals surface area (Å²) in [6.07, 6.45) is 0.675. The van der Waals surface area contributed by atoms with Gasteiger partial charge < -0.3 is 25.3 Å². The Morgan fingerprint density at radius 3 is 2.85 bits per heavy atom. The van der Waals surface area contributed by atoms with Gasteiger partial charge in [-0.1, -0.05) is 6.07 Å². The molecule has 10 nitrogen and oxygen atoms in total. The monoisotopic (exact) mass is 365 g/mol. The van der Waals surface area contributed by atoms with Crippen molar-refractivity contribution in [1.82, 2.24) is 10.4 Å². The molecule has 1 fully saturated rings. The van der Waals surface area contributed by atoms with Gasteiger partial charge in [0.25, 0.3) is 5.91 Å². The van der Waals surface area contributed by atoms with Crippen LogP contribution in [0.15, 0.2) is 12.1 Å². The standard InChI is InChI=1S/C15H20BN3O7/c17-10(14(20)18-24)7-19-5-9(6-19)25-11-2-1-8-3-4-16(23)26-13(8)12(11)15(21)22/h1-2,9-10,23-24H,3-7,17H2,(H,18,20)(H,21,22)/t10-/m0/s1. The molecule has 2 heterocycles. The Hall–Kier alpha value is -2.34. The number of amides is 1. The van der Waals surface area contributed by atoms with E-state index in [1.54, 1.807) is 12.1 Å². The van der Waals surface area contributed by atoms with Gasteiger partial charge >= 0.3 is 13.1 Å². The van der Waals surface area contributed by atoms with E-state index in [-0.39, 0.29) is 29.7 Å². The summed E-state index contributed by atoms with van der Waals surface area (Å²) in [5.41, 5.74) is 7.74. The first kappa shape index (κ1) is 18.5. The Morgan fingerprint density at radius 1 is 1.46 bits per heavy atom. The molecular formula is C15H20BN3O7. The summed E-state index contributed by atoms with van der Waals surface area (Å²) >= 11 is 0. The van der Waals surface area contributed by atoms with Crippen molar-refractivity contribution in [3.05, 3.63) is 23.3 Å². The van der Waals surface area contributed by atoms with E-state index in [4.69, 9.17) is 20.3 Å². The third-order valence-electron chi connectivity index (χ3n) is 4.45. The zero-order valence-corrected chi connectivity index (χ0v) is 13.9. The molecule has 0 saturated carbocycles. The number of carbonyl (C=O) groups is 2. The van der Waals surface area contributed by atoms with Crippen LogP contribution in [-0.4, -0.2) is 71.0 Å². The van der Waals surface area contributed by atoms with E-state index in [9.17, 15) is 19.7 Å². The minimum Gasteiger partial charge on any atom is -0.535 e. The average molecular weight is 365 g/mol. The van der Waals surface area contributed by atoms with Gasteiger partial charge in [0.1, 0.15) is 23.2 Å². The largest absolute Gasteiger partial charge is 0.535 e. The maximum atomic E-state index is 11.7. The van der Waals surface area contributed by atoms with Crippen molar-refractivity contribution in [2.45, 2.75) is 24.9 Å². The van der Waals surface area contributed by atoms with E-state index < -0.39 is 25.0 Å². The molecule has 0 unspecified atom stereocenters. The Bertz CT molecular complexity index is 711. The van der Waals surface area contributed by atoms with Crippen molar-refractivity contribution >= 4 is 19.0 Å². The summed E-state index contributed by atoms with van der Waals surface area (Å²) in [5.74, 6) is -1.55. The Kier molecular flexibility index (Phi) is 5.32. The highest BCUT2D eigenvalue weighted by molar-refractivity contribution is 6.44. The van der Waals surface area contributed by atoms with Crippen molar-refractivity contribution in [2.75, 3.05) is 19.6 Å². The van der Waals surface area contributed by atoms with E-state index >= 15 is 0 Å². The van der Waals surface area contributed by atoms with Gasteiger partial charge in [0.2, 0.25) is 0 Å². The second kappa shape index (κ2) is 7.50. The third kappa shape index (κ3) is 3.75. The van der Waals surface area contributed by atoms with Gasteiger partial charge in [-0.25, -0.2) is 10.3 Å². The van der Waals surface area contributed by atoms with Crippen LogP contribution >= 0.6 is 0 Å². The number of nitrogens with two attached hydrogens (primary N) is 1. The molecule has 1 aromatic rings. The fourth-order valence-electron chi connectivity index (χ4n) is 3.08. The Morgan fingerprint density at radius 2 is 2.19 bits per heavy atom. The number of hydrogen-bond donors (Lipinski definition) is 5. The number of nitrogens with zero attached hydrogens (tertiary/aromatic N) is 1. The Balaban J connectivity index is 1.65. The molecule has 0 radical (unpaired) electrons. The minimum absolute atomic E-state index is 0.101. The predicted molar refractivity (Wildman–Crippen MR) is 89.3 cm³/mol. The number of ether oxygens (including phenoxy) is 1. The van der Waals surface area contributed by atoms with Gasteiger partial charge in [-0.3, -0.25) is 14.9 Å². The van der Waals surface area contributed by atoms with Gasteiger partial charge in [-0.15, -0.1) is 0 Å². The van der Waals surface area contributed by atoms with Crippen molar-refractivity contribution in [2.24, 2.45) is 5.73 Å². The topological polar surface area (TPSA) is 155 Å². The van der Waals surface area contributed by atoms with Crippen molar-refractivity contribution in [1.29, 1.82) is 0 Å². The SMILES string of the molecule is N[C@@H](CN1CC(Oc2ccc3c(c2C(=O)O)OB(O)CC3)C1)C(=O)NO. The lowest BCUT2D eigenvalue weighted by molar-refractivity contribution is -0.131. The van der Waals surface area contributed by atoms with E-state index in [2.05, 4.69) is 0 Å². The number of carboxylic acid groups (broad SMARTS) is 1. The van der Waals surface area contributed by atoms with E-state index in [1.807, 2.05) is 4.90 Å². The summed E-state index contributed by atoms with van der Waals surface area (Å²) in [6.45, 7) is 1.18. The molecule has 1 atom stereocenters. The molecule has 11 heteroatoms. The smallest absolute Gasteiger partial charge is 0.522 e. The zero-order chi connectivity index (χ0) is 18.8. The second-order valence-electron chi connectivity index (χ2n) is 6.38. The number of benzene rings is 1. The fraction of sp³-hybridized carbons (Fsp3) is 0.467. The second-order valence-corrected chi connectivity index (χ2v) is 6.38. The molecule has 2 aliphatic heterocycles. The summed E-state index contributed by atoms with van der Waals surface area (Å²) in [6, 6.07) is 2.46. The third-order valence-corrected chi connectivity index (χ3v) is 4.45. The number of aryl methyl sites for hydroxylation is 1. The first-order chi connectivity index (χ1) is 12.4. The van der Waals surface area contributed by atoms with Gasteiger partial charge in [-0.2, -0.15) is 0 Å². The molecule has 140 valence electrons. The van der Waals surface area contributed by atoms with Crippen molar-refractivity contribution in [3.63, 3.8) is 0 Å². The molecule has 26 heavy (non-hydrogen) atoms. The van der Waals surface area contributed by atoms with Crippen LogP contribution in [0.3, 0.4) is 0 Å². The molecule has 1 aromatic carbocycles. The predicted octanol–water partition coefficient (Wildman–Crippen LogP) is -1.30. The summed E-state index contributed by atoms with van der Waals surface area (Å²) in [7, 11) is -1.03. The van der Waals surface area contributed by atoms with Gasteiger partial charge in [0, 0.05) is 19.6 Å². The van der Waals surface area contributed by atoms with Crippen LogP contribution < -0.4 is 20.6 Å². The first-order valence-electron chi connectivity index (χ1n) is 8.21. The van der Waals surface area contributed by atoms with Crippen molar-refractivity contribution < 1.29 is 34.3 Å². The summed E-state index contributed by atoms with van der Waals surface area (Å²) in [4.78, 5) is 24.7. The molecule has 2 aliphatic rings. The van der Waals surface area contributed by atoms with Crippen LogP contribution in [0.5, 0.6) is 11.5 Å².